The monoisotopic (exact) mass is 216 g/mol. The van der Waals surface area contributed by atoms with Gasteiger partial charge in [0.15, 0.2) is 0 Å². The molecule has 0 aromatic heterocycles. The second kappa shape index (κ2) is 8.23. The van der Waals surface area contributed by atoms with Crippen molar-refractivity contribution < 1.29 is 14.3 Å². The van der Waals surface area contributed by atoms with Crippen molar-refractivity contribution in [2.45, 2.75) is 38.6 Å². The number of carbonyl (C=O) groups is 2. The molecule has 88 valence electrons. The van der Waals surface area contributed by atoms with E-state index in [0.29, 0.717) is 25.8 Å². The number of hydrogen-bond donors (Lipinski definition) is 2. The fourth-order valence-corrected chi connectivity index (χ4v) is 1.12. The zero-order valence-corrected chi connectivity index (χ0v) is 9.41. The Bertz CT molecular complexity index is 207. The molecule has 1 amide bonds. The van der Waals surface area contributed by atoms with Crippen molar-refractivity contribution in [1.82, 2.24) is 5.32 Å². The van der Waals surface area contributed by atoms with Crippen LogP contribution in [0.2, 0.25) is 0 Å². The minimum Gasteiger partial charge on any atom is -0.469 e. The molecule has 5 heteroatoms. The van der Waals surface area contributed by atoms with E-state index in [-0.39, 0.29) is 11.9 Å². The molecular weight excluding hydrogens is 196 g/mol. The van der Waals surface area contributed by atoms with E-state index in [9.17, 15) is 9.59 Å². The van der Waals surface area contributed by atoms with Crippen LogP contribution in [0.4, 0.5) is 0 Å². The Morgan fingerprint density at radius 1 is 1.47 bits per heavy atom. The lowest BCUT2D eigenvalue weighted by Gasteiger charge is -2.10. The molecule has 5 nitrogen and oxygen atoms in total. The highest BCUT2D eigenvalue weighted by Gasteiger charge is 2.11. The Kier molecular flexibility index (Phi) is 7.62. The van der Waals surface area contributed by atoms with Gasteiger partial charge in [-0.3, -0.25) is 9.59 Å². The maximum atomic E-state index is 11.3. The first-order chi connectivity index (χ1) is 7.11. The first-order valence-electron chi connectivity index (χ1n) is 5.22. The summed E-state index contributed by atoms with van der Waals surface area (Å²) in [4.78, 5) is 22.0. The summed E-state index contributed by atoms with van der Waals surface area (Å²) in [5, 5.41) is 2.67. The van der Waals surface area contributed by atoms with Crippen LogP contribution in [0.25, 0.3) is 0 Å². The molecule has 0 radical (unpaired) electrons. The Morgan fingerprint density at radius 3 is 2.67 bits per heavy atom. The molecule has 0 bridgehead atoms. The van der Waals surface area contributed by atoms with E-state index in [1.54, 1.807) is 0 Å². The maximum Gasteiger partial charge on any atom is 0.305 e. The lowest BCUT2D eigenvalue weighted by atomic mass is 10.1. The van der Waals surface area contributed by atoms with Crippen LogP contribution in [-0.2, 0) is 14.3 Å². The van der Waals surface area contributed by atoms with Crippen molar-refractivity contribution in [3.8, 4) is 0 Å². The second-order valence-corrected chi connectivity index (χ2v) is 3.37. The molecule has 0 rings (SSSR count). The number of amides is 1. The largest absolute Gasteiger partial charge is 0.469 e. The molecule has 15 heavy (non-hydrogen) atoms. The number of nitrogens with one attached hydrogen (secondary N) is 1. The summed E-state index contributed by atoms with van der Waals surface area (Å²) in [6.45, 7) is 2.44. The number of methoxy groups -OCH3 is 1. The number of nitrogens with two attached hydrogens (primary N) is 1. The molecule has 0 aliphatic carbocycles. The molecule has 0 aromatic rings. The van der Waals surface area contributed by atoms with Crippen molar-refractivity contribution in [2.24, 2.45) is 5.73 Å². The number of ether oxygens (including phenoxy) is 1. The summed E-state index contributed by atoms with van der Waals surface area (Å²) in [5.74, 6) is -0.413. The van der Waals surface area contributed by atoms with Gasteiger partial charge in [0.1, 0.15) is 0 Å². The van der Waals surface area contributed by atoms with Crippen molar-refractivity contribution in [2.75, 3.05) is 13.7 Å². The predicted molar refractivity (Wildman–Crippen MR) is 57.1 cm³/mol. The molecule has 0 saturated carbocycles. The van der Waals surface area contributed by atoms with E-state index in [4.69, 9.17) is 5.73 Å². The van der Waals surface area contributed by atoms with Crippen LogP contribution in [0, 0.1) is 0 Å². The third-order valence-electron chi connectivity index (χ3n) is 2.02. The van der Waals surface area contributed by atoms with Crippen molar-refractivity contribution in [3.63, 3.8) is 0 Å². The third kappa shape index (κ3) is 6.90. The molecule has 0 aromatic carbocycles. The van der Waals surface area contributed by atoms with Crippen molar-refractivity contribution in [3.05, 3.63) is 0 Å². The van der Waals surface area contributed by atoms with E-state index in [2.05, 4.69) is 10.1 Å². The summed E-state index contributed by atoms with van der Waals surface area (Å²) in [6.07, 6.45) is 2.47. The number of esters is 1. The Labute approximate surface area is 90.4 Å². The summed E-state index contributed by atoms with van der Waals surface area (Å²) in [7, 11) is 1.35. The standard InChI is InChI=1S/C10H20N2O3/c1-3-5-8(11)10(14)12-7-4-6-9(13)15-2/h8H,3-7,11H2,1-2H3,(H,12,14)/t8-/m0/s1. The van der Waals surface area contributed by atoms with Gasteiger partial charge in [-0.05, 0) is 12.8 Å². The number of rotatable bonds is 7. The van der Waals surface area contributed by atoms with E-state index in [1.165, 1.54) is 7.11 Å². The van der Waals surface area contributed by atoms with E-state index in [0.717, 1.165) is 6.42 Å². The van der Waals surface area contributed by atoms with Crippen LogP contribution in [0.5, 0.6) is 0 Å². The minimum absolute atomic E-state index is 0.151. The SMILES string of the molecule is CCC[C@H](N)C(=O)NCCCC(=O)OC. The average Bonchev–Trinajstić information content (AvgIpc) is 2.23. The number of hydrogen-bond acceptors (Lipinski definition) is 4. The minimum atomic E-state index is -0.437. The van der Waals surface area contributed by atoms with Crippen molar-refractivity contribution in [1.29, 1.82) is 0 Å². The third-order valence-corrected chi connectivity index (χ3v) is 2.02. The summed E-state index contributed by atoms with van der Waals surface area (Å²) in [6, 6.07) is -0.437. The molecule has 0 aliphatic heterocycles. The van der Waals surface area contributed by atoms with Gasteiger partial charge >= 0.3 is 5.97 Å². The van der Waals surface area contributed by atoms with E-state index < -0.39 is 6.04 Å². The fourth-order valence-electron chi connectivity index (χ4n) is 1.12. The summed E-state index contributed by atoms with van der Waals surface area (Å²) < 4.78 is 4.47. The maximum absolute atomic E-state index is 11.3. The smallest absolute Gasteiger partial charge is 0.305 e. The fraction of sp³-hybridized carbons (Fsp3) is 0.800. The second-order valence-electron chi connectivity index (χ2n) is 3.37. The Hall–Kier alpha value is -1.10. The van der Waals surface area contributed by atoms with E-state index >= 15 is 0 Å². The highest BCUT2D eigenvalue weighted by molar-refractivity contribution is 5.81. The lowest BCUT2D eigenvalue weighted by molar-refractivity contribution is -0.140. The Balaban J connectivity index is 3.50. The molecule has 0 heterocycles. The molecule has 1 atom stereocenters. The normalized spacial score (nSPS) is 11.9. The zero-order chi connectivity index (χ0) is 11.7. The average molecular weight is 216 g/mol. The molecule has 0 unspecified atom stereocenters. The topological polar surface area (TPSA) is 81.4 Å². The molecule has 0 saturated heterocycles. The van der Waals surface area contributed by atoms with Crippen LogP contribution in [0.3, 0.4) is 0 Å². The van der Waals surface area contributed by atoms with Crippen LogP contribution in [0.15, 0.2) is 0 Å². The van der Waals surface area contributed by atoms with Gasteiger partial charge in [-0.2, -0.15) is 0 Å². The number of carbonyl (C=O) groups excluding carboxylic acids is 2. The van der Waals surface area contributed by atoms with Gasteiger partial charge in [-0.1, -0.05) is 13.3 Å². The van der Waals surface area contributed by atoms with E-state index in [1.807, 2.05) is 6.92 Å². The molecular formula is C10H20N2O3. The highest BCUT2D eigenvalue weighted by atomic mass is 16.5. The predicted octanol–water partition coefficient (Wildman–Crippen LogP) is 0.183. The van der Waals surface area contributed by atoms with Gasteiger partial charge in [-0.25, -0.2) is 0 Å². The van der Waals surface area contributed by atoms with Crippen molar-refractivity contribution >= 4 is 11.9 Å². The highest BCUT2D eigenvalue weighted by Crippen LogP contribution is 1.94. The van der Waals surface area contributed by atoms with Crippen LogP contribution < -0.4 is 11.1 Å². The molecule has 0 fully saturated rings. The van der Waals surface area contributed by atoms with Gasteiger partial charge < -0.3 is 15.8 Å². The first kappa shape index (κ1) is 13.9. The molecule has 0 aliphatic rings. The first-order valence-corrected chi connectivity index (χ1v) is 5.22. The van der Waals surface area contributed by atoms with Crippen LogP contribution in [-0.4, -0.2) is 31.6 Å². The summed E-state index contributed by atoms with van der Waals surface area (Å²) >= 11 is 0. The quantitative estimate of drug-likeness (QED) is 0.470. The van der Waals surface area contributed by atoms with Gasteiger partial charge in [-0.15, -0.1) is 0 Å². The van der Waals surface area contributed by atoms with Gasteiger partial charge in [0.25, 0.3) is 0 Å². The summed E-state index contributed by atoms with van der Waals surface area (Å²) in [5.41, 5.74) is 5.59. The van der Waals surface area contributed by atoms with Gasteiger partial charge in [0, 0.05) is 13.0 Å². The van der Waals surface area contributed by atoms with Gasteiger partial charge in [0.2, 0.25) is 5.91 Å². The zero-order valence-electron chi connectivity index (χ0n) is 9.41. The lowest BCUT2D eigenvalue weighted by Crippen LogP contribution is -2.40. The molecule has 0 spiro atoms. The van der Waals surface area contributed by atoms with Crippen LogP contribution >= 0.6 is 0 Å². The van der Waals surface area contributed by atoms with Crippen LogP contribution in [0.1, 0.15) is 32.6 Å². The Morgan fingerprint density at radius 2 is 2.13 bits per heavy atom. The molecule has 3 N–H and O–H groups in total. The van der Waals surface area contributed by atoms with Gasteiger partial charge in [0.05, 0.1) is 13.2 Å².